The first-order valence-corrected chi connectivity index (χ1v) is 10.3. The monoisotopic (exact) mass is 346 g/mol. The first-order valence-electron chi connectivity index (χ1n) is 9.52. The van der Waals surface area contributed by atoms with Gasteiger partial charge in [-0.15, -0.1) is 11.3 Å². The maximum absolute atomic E-state index is 13.1. The van der Waals surface area contributed by atoms with E-state index in [4.69, 9.17) is 4.74 Å². The molecule has 2 saturated heterocycles. The van der Waals surface area contributed by atoms with Gasteiger partial charge in [0.15, 0.2) is 0 Å². The molecule has 0 bridgehead atoms. The van der Waals surface area contributed by atoms with E-state index in [0.717, 1.165) is 68.8 Å². The molecule has 2 atom stereocenters. The Morgan fingerprint density at radius 1 is 1.25 bits per heavy atom. The van der Waals surface area contributed by atoms with Crippen molar-refractivity contribution in [3.05, 3.63) is 21.4 Å². The zero-order valence-corrected chi connectivity index (χ0v) is 15.0. The van der Waals surface area contributed by atoms with Gasteiger partial charge in [-0.1, -0.05) is 6.42 Å². The molecule has 1 aromatic heterocycles. The molecular weight excluding hydrogens is 320 g/mol. The second-order valence-electron chi connectivity index (χ2n) is 7.95. The number of hydrogen-bond donors (Lipinski definition) is 1. The number of thiophene rings is 1. The molecule has 3 fully saturated rings. The summed E-state index contributed by atoms with van der Waals surface area (Å²) in [7, 11) is 0. The van der Waals surface area contributed by atoms with E-state index in [-0.39, 0.29) is 11.5 Å². The van der Waals surface area contributed by atoms with Crippen molar-refractivity contribution in [2.24, 2.45) is 11.8 Å². The fourth-order valence-electron chi connectivity index (χ4n) is 5.32. The van der Waals surface area contributed by atoms with Crippen molar-refractivity contribution in [1.82, 2.24) is 10.2 Å². The average molecular weight is 346 g/mol. The summed E-state index contributed by atoms with van der Waals surface area (Å²) in [4.78, 5) is 17.5. The number of amides is 1. The highest BCUT2D eigenvalue weighted by Crippen LogP contribution is 2.44. The van der Waals surface area contributed by atoms with Crippen LogP contribution in [0.4, 0.5) is 0 Å². The van der Waals surface area contributed by atoms with Gasteiger partial charge >= 0.3 is 0 Å². The molecule has 5 heteroatoms. The Balaban J connectivity index is 1.41. The standard InChI is InChI=1S/C19H26N2O2S/c22-18(21-11-13-2-1-3-14(13)12-21)17-10-15-16(24-17)4-9-23-19(15)5-7-20-8-6-19/h10,13-14,20H,1-9,11-12H2/t13-,14+. The van der Waals surface area contributed by atoms with Gasteiger partial charge in [-0.2, -0.15) is 0 Å². The summed E-state index contributed by atoms with van der Waals surface area (Å²) < 4.78 is 6.25. The Bertz CT molecular complexity index is 638. The van der Waals surface area contributed by atoms with Crippen LogP contribution in [0.3, 0.4) is 0 Å². The number of fused-ring (bicyclic) bond motifs is 3. The number of likely N-dealkylation sites (tertiary alicyclic amines) is 1. The molecule has 4 aliphatic rings. The van der Waals surface area contributed by atoms with E-state index in [1.807, 2.05) is 0 Å². The fraction of sp³-hybridized carbons (Fsp3) is 0.737. The lowest BCUT2D eigenvalue weighted by Crippen LogP contribution is -2.44. The third-order valence-electron chi connectivity index (χ3n) is 6.64. The molecule has 1 aromatic rings. The van der Waals surface area contributed by atoms with Gasteiger partial charge in [0.2, 0.25) is 0 Å². The van der Waals surface area contributed by atoms with Crippen LogP contribution in [0.1, 0.15) is 52.2 Å². The van der Waals surface area contributed by atoms with E-state index in [0.29, 0.717) is 0 Å². The number of carbonyl (C=O) groups excluding carboxylic acids is 1. The third-order valence-corrected chi connectivity index (χ3v) is 7.83. The highest BCUT2D eigenvalue weighted by atomic mass is 32.1. The molecule has 1 spiro atoms. The molecule has 1 amide bonds. The van der Waals surface area contributed by atoms with E-state index in [1.54, 1.807) is 11.3 Å². The first-order chi connectivity index (χ1) is 11.8. The van der Waals surface area contributed by atoms with Crippen LogP contribution < -0.4 is 5.32 Å². The average Bonchev–Trinajstić information content (AvgIpc) is 3.29. The number of nitrogens with zero attached hydrogens (tertiary/aromatic N) is 1. The number of carbonyl (C=O) groups is 1. The van der Waals surface area contributed by atoms with Crippen LogP contribution >= 0.6 is 11.3 Å². The molecule has 0 radical (unpaired) electrons. The summed E-state index contributed by atoms with van der Waals surface area (Å²) in [6.45, 7) is 4.78. The molecule has 1 saturated carbocycles. The summed E-state index contributed by atoms with van der Waals surface area (Å²) in [5, 5.41) is 3.43. The van der Waals surface area contributed by atoms with Gasteiger partial charge in [-0.3, -0.25) is 4.79 Å². The molecule has 1 N–H and O–H groups in total. The van der Waals surface area contributed by atoms with Crippen LogP contribution in [-0.2, 0) is 16.8 Å². The molecule has 0 unspecified atom stereocenters. The molecule has 0 aromatic carbocycles. The summed E-state index contributed by atoms with van der Waals surface area (Å²) in [5.41, 5.74) is 1.19. The minimum absolute atomic E-state index is 0.130. The van der Waals surface area contributed by atoms with E-state index in [2.05, 4.69) is 16.3 Å². The molecule has 1 aliphatic carbocycles. The van der Waals surface area contributed by atoms with Crippen LogP contribution in [0.25, 0.3) is 0 Å². The van der Waals surface area contributed by atoms with Crippen molar-refractivity contribution in [1.29, 1.82) is 0 Å². The Labute approximate surface area is 147 Å². The van der Waals surface area contributed by atoms with Crippen LogP contribution in [0.15, 0.2) is 6.07 Å². The van der Waals surface area contributed by atoms with E-state index in [1.165, 1.54) is 29.7 Å². The maximum Gasteiger partial charge on any atom is 0.263 e. The lowest BCUT2D eigenvalue weighted by atomic mass is 9.83. The Hall–Kier alpha value is -0.910. The number of rotatable bonds is 1. The van der Waals surface area contributed by atoms with Crippen LogP contribution in [0.2, 0.25) is 0 Å². The second kappa shape index (κ2) is 5.82. The third kappa shape index (κ3) is 2.36. The van der Waals surface area contributed by atoms with Crippen molar-refractivity contribution < 1.29 is 9.53 Å². The first kappa shape index (κ1) is 15.4. The molecule has 4 nitrogen and oxygen atoms in total. The van der Waals surface area contributed by atoms with Crippen molar-refractivity contribution in [3.63, 3.8) is 0 Å². The van der Waals surface area contributed by atoms with Crippen LogP contribution in [0.5, 0.6) is 0 Å². The van der Waals surface area contributed by atoms with E-state index < -0.39 is 0 Å². The smallest absolute Gasteiger partial charge is 0.263 e. The molecule has 5 rings (SSSR count). The number of piperidine rings is 1. The summed E-state index contributed by atoms with van der Waals surface area (Å²) in [5.74, 6) is 1.80. The lowest BCUT2D eigenvalue weighted by molar-refractivity contribution is -0.0792. The minimum Gasteiger partial charge on any atom is -0.370 e. The van der Waals surface area contributed by atoms with Gasteiger partial charge < -0.3 is 15.0 Å². The molecule has 4 heterocycles. The maximum atomic E-state index is 13.1. The van der Waals surface area contributed by atoms with Gasteiger partial charge in [-0.25, -0.2) is 0 Å². The molecule has 24 heavy (non-hydrogen) atoms. The topological polar surface area (TPSA) is 41.6 Å². The fourth-order valence-corrected chi connectivity index (χ4v) is 6.52. The second-order valence-corrected chi connectivity index (χ2v) is 9.09. The van der Waals surface area contributed by atoms with Gasteiger partial charge in [0.05, 0.1) is 17.1 Å². The Morgan fingerprint density at radius 3 is 2.75 bits per heavy atom. The van der Waals surface area contributed by atoms with Crippen molar-refractivity contribution >= 4 is 17.2 Å². The normalized spacial score (nSPS) is 31.2. The number of ether oxygens (including phenoxy) is 1. The van der Waals surface area contributed by atoms with Gasteiger partial charge in [-0.05, 0) is 62.2 Å². The minimum atomic E-state index is -0.130. The molecule has 130 valence electrons. The van der Waals surface area contributed by atoms with Gasteiger partial charge in [0.1, 0.15) is 0 Å². The zero-order chi connectivity index (χ0) is 16.1. The summed E-state index contributed by atoms with van der Waals surface area (Å²) >= 11 is 1.73. The van der Waals surface area contributed by atoms with Gasteiger partial charge in [0, 0.05) is 24.4 Å². The van der Waals surface area contributed by atoms with Crippen LogP contribution in [-0.4, -0.2) is 43.6 Å². The number of nitrogens with one attached hydrogen (secondary N) is 1. The molecular formula is C19H26N2O2S. The largest absolute Gasteiger partial charge is 0.370 e. The van der Waals surface area contributed by atoms with Crippen molar-refractivity contribution in [2.45, 2.75) is 44.1 Å². The lowest BCUT2D eigenvalue weighted by Gasteiger charge is -2.40. The highest BCUT2D eigenvalue weighted by Gasteiger charge is 2.42. The van der Waals surface area contributed by atoms with E-state index >= 15 is 0 Å². The number of hydrogen-bond acceptors (Lipinski definition) is 4. The zero-order valence-electron chi connectivity index (χ0n) is 14.2. The SMILES string of the molecule is O=C(c1cc2c(s1)CCOC21CCNCC1)N1C[C@H]2CCC[C@H]2C1. The van der Waals surface area contributed by atoms with Crippen LogP contribution in [0, 0.1) is 11.8 Å². The Morgan fingerprint density at radius 2 is 2.00 bits per heavy atom. The summed E-state index contributed by atoms with van der Waals surface area (Å²) in [6.07, 6.45) is 7.02. The van der Waals surface area contributed by atoms with Crippen molar-refractivity contribution in [3.8, 4) is 0 Å². The van der Waals surface area contributed by atoms with Gasteiger partial charge in [0.25, 0.3) is 5.91 Å². The highest BCUT2D eigenvalue weighted by molar-refractivity contribution is 7.14. The predicted molar refractivity (Wildman–Crippen MR) is 94.5 cm³/mol. The quantitative estimate of drug-likeness (QED) is 0.850. The van der Waals surface area contributed by atoms with E-state index in [9.17, 15) is 4.79 Å². The summed E-state index contributed by atoms with van der Waals surface area (Å²) in [6, 6.07) is 2.18. The Kier molecular flexibility index (Phi) is 3.72. The molecule has 3 aliphatic heterocycles. The predicted octanol–water partition coefficient (Wildman–Crippen LogP) is 2.77. The van der Waals surface area contributed by atoms with Crippen molar-refractivity contribution in [2.75, 3.05) is 32.8 Å².